The summed E-state index contributed by atoms with van der Waals surface area (Å²) in [6.45, 7) is 5.43. The van der Waals surface area contributed by atoms with Crippen molar-refractivity contribution in [1.82, 2.24) is 15.0 Å². The minimum atomic E-state index is 0.413. The molecule has 0 saturated heterocycles. The first-order valence-electron chi connectivity index (χ1n) is 6.37. The van der Waals surface area contributed by atoms with Crippen molar-refractivity contribution in [2.24, 2.45) is 11.7 Å². The molecule has 0 bridgehead atoms. The van der Waals surface area contributed by atoms with Crippen LogP contribution in [0.5, 0.6) is 0 Å². The first-order chi connectivity index (χ1) is 9.17. The number of aromatic amines is 1. The van der Waals surface area contributed by atoms with E-state index in [1.165, 1.54) is 0 Å². The van der Waals surface area contributed by atoms with Gasteiger partial charge >= 0.3 is 0 Å². The number of nitrogens with zero attached hydrogens (tertiary/aromatic N) is 2. The zero-order valence-corrected chi connectivity index (χ0v) is 11.3. The van der Waals surface area contributed by atoms with Gasteiger partial charge in [-0.15, -0.1) is 0 Å². The number of nitrogens with two attached hydrogens (primary N) is 1. The van der Waals surface area contributed by atoms with E-state index in [0.29, 0.717) is 12.5 Å². The number of hydrogen-bond donors (Lipinski definition) is 4. The smallest absolute Gasteiger partial charge is 0.136 e. The highest BCUT2D eigenvalue weighted by molar-refractivity contribution is 5.58. The van der Waals surface area contributed by atoms with Crippen LogP contribution in [-0.4, -0.2) is 28.0 Å². The standard InChI is InChI=1S/C13H20N6/c1-9(6-14)7-16-12-5-13(18-10(2)17-12)19-11-3-4-15-8-11/h3-5,8-9,15H,6-7,14H2,1-2H3,(H2,16,17,18,19). The van der Waals surface area contributed by atoms with Crippen molar-refractivity contribution < 1.29 is 0 Å². The van der Waals surface area contributed by atoms with Gasteiger partial charge in [-0.3, -0.25) is 0 Å². The van der Waals surface area contributed by atoms with Gasteiger partial charge < -0.3 is 21.4 Å². The van der Waals surface area contributed by atoms with Gasteiger partial charge in [0.2, 0.25) is 0 Å². The number of nitrogens with one attached hydrogen (secondary N) is 3. The molecule has 0 aliphatic rings. The molecule has 0 fully saturated rings. The minimum Gasteiger partial charge on any atom is -0.370 e. The molecule has 0 aromatic carbocycles. The summed E-state index contributed by atoms with van der Waals surface area (Å²) in [5, 5.41) is 6.50. The van der Waals surface area contributed by atoms with Crippen LogP contribution in [0.25, 0.3) is 0 Å². The molecule has 2 heterocycles. The largest absolute Gasteiger partial charge is 0.370 e. The Kier molecular flexibility index (Phi) is 4.35. The predicted molar refractivity (Wildman–Crippen MR) is 77.6 cm³/mol. The lowest BCUT2D eigenvalue weighted by atomic mass is 10.2. The Morgan fingerprint density at radius 3 is 2.84 bits per heavy atom. The average molecular weight is 260 g/mol. The molecule has 2 aromatic rings. The molecular formula is C13H20N6. The Morgan fingerprint density at radius 1 is 1.37 bits per heavy atom. The van der Waals surface area contributed by atoms with E-state index in [2.05, 4.69) is 32.5 Å². The van der Waals surface area contributed by atoms with Crippen molar-refractivity contribution in [3.63, 3.8) is 0 Å². The fraction of sp³-hybridized carbons (Fsp3) is 0.385. The number of H-pyrrole nitrogens is 1. The molecule has 2 rings (SSSR count). The molecule has 5 N–H and O–H groups in total. The van der Waals surface area contributed by atoms with Crippen molar-refractivity contribution in [1.29, 1.82) is 0 Å². The van der Waals surface area contributed by atoms with Crippen LogP contribution in [0.2, 0.25) is 0 Å². The van der Waals surface area contributed by atoms with Gasteiger partial charge in [-0.25, -0.2) is 9.97 Å². The second-order valence-electron chi connectivity index (χ2n) is 4.63. The third kappa shape index (κ3) is 3.96. The van der Waals surface area contributed by atoms with E-state index in [1.807, 2.05) is 31.5 Å². The number of aromatic nitrogens is 3. The van der Waals surface area contributed by atoms with Gasteiger partial charge in [0, 0.05) is 25.0 Å². The molecule has 0 aliphatic heterocycles. The maximum absolute atomic E-state index is 5.60. The summed E-state index contributed by atoms with van der Waals surface area (Å²) in [6, 6.07) is 3.84. The van der Waals surface area contributed by atoms with Crippen molar-refractivity contribution in [3.8, 4) is 0 Å². The molecule has 0 radical (unpaired) electrons. The van der Waals surface area contributed by atoms with Crippen LogP contribution in [-0.2, 0) is 0 Å². The van der Waals surface area contributed by atoms with Gasteiger partial charge in [-0.1, -0.05) is 6.92 Å². The molecule has 6 nitrogen and oxygen atoms in total. The molecule has 102 valence electrons. The molecule has 1 atom stereocenters. The van der Waals surface area contributed by atoms with Gasteiger partial charge in [-0.2, -0.15) is 0 Å². The summed E-state index contributed by atoms with van der Waals surface area (Å²) in [5.41, 5.74) is 6.57. The molecule has 0 aliphatic carbocycles. The zero-order valence-electron chi connectivity index (χ0n) is 11.3. The van der Waals surface area contributed by atoms with Crippen LogP contribution in [0.15, 0.2) is 24.5 Å². The van der Waals surface area contributed by atoms with E-state index < -0.39 is 0 Å². The zero-order chi connectivity index (χ0) is 13.7. The van der Waals surface area contributed by atoms with Crippen LogP contribution < -0.4 is 16.4 Å². The molecule has 19 heavy (non-hydrogen) atoms. The Balaban J connectivity index is 2.06. The lowest BCUT2D eigenvalue weighted by Gasteiger charge is -2.12. The van der Waals surface area contributed by atoms with Crippen LogP contribution >= 0.6 is 0 Å². The quantitative estimate of drug-likeness (QED) is 0.636. The molecule has 2 aromatic heterocycles. The molecular weight excluding hydrogens is 240 g/mol. The lowest BCUT2D eigenvalue weighted by molar-refractivity contribution is 0.626. The summed E-state index contributed by atoms with van der Waals surface area (Å²) < 4.78 is 0. The maximum atomic E-state index is 5.60. The monoisotopic (exact) mass is 260 g/mol. The third-order valence-corrected chi connectivity index (χ3v) is 2.74. The van der Waals surface area contributed by atoms with Gasteiger partial charge in [0.05, 0.1) is 5.69 Å². The van der Waals surface area contributed by atoms with E-state index in [1.54, 1.807) is 0 Å². The fourth-order valence-electron chi connectivity index (χ4n) is 1.63. The molecule has 0 saturated carbocycles. The van der Waals surface area contributed by atoms with Gasteiger partial charge in [-0.05, 0) is 25.5 Å². The first-order valence-corrected chi connectivity index (χ1v) is 6.37. The highest BCUT2D eigenvalue weighted by Gasteiger charge is 2.04. The van der Waals surface area contributed by atoms with Gasteiger partial charge in [0.1, 0.15) is 17.5 Å². The number of aryl methyl sites for hydroxylation is 1. The highest BCUT2D eigenvalue weighted by atomic mass is 15.1. The van der Waals surface area contributed by atoms with Crippen molar-refractivity contribution >= 4 is 17.3 Å². The van der Waals surface area contributed by atoms with Crippen LogP contribution in [0.4, 0.5) is 17.3 Å². The third-order valence-electron chi connectivity index (χ3n) is 2.74. The van der Waals surface area contributed by atoms with E-state index in [4.69, 9.17) is 5.73 Å². The summed E-state index contributed by atoms with van der Waals surface area (Å²) in [7, 11) is 0. The number of hydrogen-bond acceptors (Lipinski definition) is 5. The van der Waals surface area contributed by atoms with Crippen molar-refractivity contribution in [2.45, 2.75) is 13.8 Å². The molecule has 0 spiro atoms. The maximum Gasteiger partial charge on any atom is 0.136 e. The average Bonchev–Trinajstić information content (AvgIpc) is 2.88. The minimum absolute atomic E-state index is 0.413. The predicted octanol–water partition coefficient (Wildman–Crippen LogP) is 1.86. The molecule has 0 amide bonds. The van der Waals surface area contributed by atoms with Crippen LogP contribution in [0, 0.1) is 12.8 Å². The van der Waals surface area contributed by atoms with Crippen LogP contribution in [0.1, 0.15) is 12.7 Å². The van der Waals surface area contributed by atoms with E-state index in [9.17, 15) is 0 Å². The summed E-state index contributed by atoms with van der Waals surface area (Å²) in [4.78, 5) is 11.7. The first kappa shape index (κ1) is 13.4. The Labute approximate surface area is 112 Å². The van der Waals surface area contributed by atoms with Crippen molar-refractivity contribution in [2.75, 3.05) is 23.7 Å². The van der Waals surface area contributed by atoms with Gasteiger partial charge in [0.25, 0.3) is 0 Å². The van der Waals surface area contributed by atoms with E-state index >= 15 is 0 Å². The number of rotatable bonds is 6. The Hall–Kier alpha value is -2.08. The Morgan fingerprint density at radius 2 is 2.16 bits per heavy atom. The van der Waals surface area contributed by atoms with E-state index in [0.717, 1.165) is 29.7 Å². The number of anilines is 3. The summed E-state index contributed by atoms with van der Waals surface area (Å²) in [6.07, 6.45) is 3.74. The summed E-state index contributed by atoms with van der Waals surface area (Å²) >= 11 is 0. The Bertz CT molecular complexity index is 508. The summed E-state index contributed by atoms with van der Waals surface area (Å²) in [5.74, 6) is 2.72. The second kappa shape index (κ2) is 6.19. The highest BCUT2D eigenvalue weighted by Crippen LogP contribution is 2.16. The topological polar surface area (TPSA) is 91.6 Å². The van der Waals surface area contributed by atoms with Gasteiger partial charge in [0.15, 0.2) is 0 Å². The SMILES string of the molecule is Cc1nc(NCC(C)CN)cc(Nc2cc[nH]c2)n1. The van der Waals surface area contributed by atoms with E-state index in [-0.39, 0.29) is 0 Å². The van der Waals surface area contributed by atoms with Crippen LogP contribution in [0.3, 0.4) is 0 Å². The lowest BCUT2D eigenvalue weighted by Crippen LogP contribution is -2.20. The van der Waals surface area contributed by atoms with Crippen molar-refractivity contribution in [3.05, 3.63) is 30.4 Å². The normalized spacial score (nSPS) is 12.2. The molecule has 1 unspecified atom stereocenters. The molecule has 6 heteroatoms. The fourth-order valence-corrected chi connectivity index (χ4v) is 1.63. The second-order valence-corrected chi connectivity index (χ2v) is 4.63.